The van der Waals surface area contributed by atoms with Gasteiger partial charge in [-0.2, -0.15) is 0 Å². The summed E-state index contributed by atoms with van der Waals surface area (Å²) in [5.74, 6) is 0.889. The summed E-state index contributed by atoms with van der Waals surface area (Å²) >= 11 is 5.43. The van der Waals surface area contributed by atoms with Crippen LogP contribution in [0, 0.1) is 76.2 Å². The van der Waals surface area contributed by atoms with Crippen molar-refractivity contribution in [2.24, 2.45) is 15.0 Å². The summed E-state index contributed by atoms with van der Waals surface area (Å²) in [7, 11) is 0. The van der Waals surface area contributed by atoms with Gasteiger partial charge in [0.05, 0.1) is 33.1 Å². The average molecular weight is 1010 g/mol. The molecule has 6 aromatic rings. The molecule has 9 rings (SSSR count). The maximum atomic E-state index is 6.06. The van der Waals surface area contributed by atoms with E-state index in [1.807, 2.05) is 29.6 Å². The molecule has 0 unspecified atom stereocenters. The second-order valence-electron chi connectivity index (χ2n) is 20.1. The van der Waals surface area contributed by atoms with Crippen LogP contribution in [0.5, 0.6) is 5.75 Å². The van der Waals surface area contributed by atoms with Crippen molar-refractivity contribution in [1.29, 1.82) is 0 Å². The fraction of sp³-hybridized carbons (Fsp3) is 0.308. The molecule has 3 aliphatic rings. The summed E-state index contributed by atoms with van der Waals surface area (Å²) in [5, 5.41) is 6.76. The van der Waals surface area contributed by atoms with Crippen LogP contribution in [0.1, 0.15) is 115 Å². The molecule has 372 valence electrons. The van der Waals surface area contributed by atoms with Crippen LogP contribution in [0.4, 0.5) is 17.1 Å². The van der Waals surface area contributed by atoms with Gasteiger partial charge in [-0.25, -0.2) is 15.0 Å². The van der Waals surface area contributed by atoms with Crippen LogP contribution in [0.15, 0.2) is 134 Å². The normalized spacial score (nSPS) is 12.9. The summed E-state index contributed by atoms with van der Waals surface area (Å²) < 4.78 is 6.06. The Morgan fingerprint density at radius 3 is 1.21 bits per heavy atom. The minimum absolute atomic E-state index is 0.590. The Morgan fingerprint density at radius 1 is 0.444 bits per heavy atom. The Kier molecular flexibility index (Phi) is 17.4. The van der Waals surface area contributed by atoms with Crippen molar-refractivity contribution in [3.63, 3.8) is 0 Å². The van der Waals surface area contributed by atoms with Gasteiger partial charge in [0.2, 0.25) is 0 Å². The molecule has 0 atom stereocenters. The molecular formula is C65H73N3OS3. The van der Waals surface area contributed by atoms with Gasteiger partial charge in [0.25, 0.3) is 0 Å². The number of allylic oxidation sites excluding steroid dienone is 5. The van der Waals surface area contributed by atoms with Crippen LogP contribution in [-0.2, 0) is 0 Å². The lowest BCUT2D eigenvalue weighted by Gasteiger charge is -2.18. The van der Waals surface area contributed by atoms with Gasteiger partial charge in [-0.3, -0.25) is 0 Å². The first kappa shape index (κ1) is 54.2. The first-order valence-electron chi connectivity index (χ1n) is 25.1. The largest absolute Gasteiger partial charge is 0.489 e. The highest BCUT2D eigenvalue weighted by Gasteiger charge is 2.21. The average Bonchev–Trinajstić information content (AvgIpc) is 3.36. The number of benzene rings is 6. The molecule has 3 aliphatic heterocycles. The minimum Gasteiger partial charge on any atom is -0.489 e. The molecule has 0 saturated heterocycles. The van der Waals surface area contributed by atoms with Crippen molar-refractivity contribution in [1.82, 2.24) is 0 Å². The smallest absolute Gasteiger partial charge is 0.121 e. The predicted molar refractivity (Wildman–Crippen MR) is 312 cm³/mol. The third-order valence-electron chi connectivity index (χ3n) is 14.4. The van der Waals surface area contributed by atoms with Crippen molar-refractivity contribution in [3.05, 3.63) is 182 Å². The van der Waals surface area contributed by atoms with E-state index in [0.29, 0.717) is 6.61 Å². The quantitative estimate of drug-likeness (QED) is 0.135. The Morgan fingerprint density at radius 2 is 0.806 bits per heavy atom. The highest BCUT2D eigenvalue weighted by Crippen LogP contribution is 2.42. The van der Waals surface area contributed by atoms with E-state index in [1.165, 1.54) is 102 Å². The van der Waals surface area contributed by atoms with E-state index >= 15 is 0 Å². The highest BCUT2D eigenvalue weighted by molar-refractivity contribution is 8.00. The number of hydrogen-bond acceptors (Lipinski definition) is 7. The summed E-state index contributed by atoms with van der Waals surface area (Å²) in [6.07, 6.45) is 11.3. The van der Waals surface area contributed by atoms with E-state index < -0.39 is 0 Å². The molecule has 6 aromatic carbocycles. The van der Waals surface area contributed by atoms with Crippen LogP contribution >= 0.6 is 35.3 Å². The number of fused-ring (bicyclic) bond motifs is 6. The lowest BCUT2D eigenvalue weighted by atomic mass is 10.0. The van der Waals surface area contributed by atoms with Crippen LogP contribution in [0.2, 0.25) is 0 Å². The van der Waals surface area contributed by atoms with Crippen molar-refractivity contribution in [2.45, 2.75) is 159 Å². The number of hydrogen-bond donors (Lipinski definition) is 0. The molecule has 0 N–H and O–H groups in total. The van der Waals surface area contributed by atoms with E-state index in [9.17, 15) is 0 Å². The third kappa shape index (κ3) is 11.9. The van der Waals surface area contributed by atoms with Gasteiger partial charge in [0, 0.05) is 29.4 Å². The maximum absolute atomic E-state index is 6.06. The summed E-state index contributed by atoms with van der Waals surface area (Å²) in [5.41, 5.74) is 21.2. The zero-order chi connectivity index (χ0) is 52.3. The molecule has 7 heteroatoms. The van der Waals surface area contributed by atoms with Gasteiger partial charge in [0.1, 0.15) is 12.4 Å². The molecular weight excluding hydrogens is 935 g/mol. The summed E-state index contributed by atoms with van der Waals surface area (Å²) in [6, 6.07) is 19.1. The fourth-order valence-electron chi connectivity index (χ4n) is 8.95. The molecule has 0 radical (unpaired) electrons. The lowest BCUT2D eigenvalue weighted by molar-refractivity contribution is 0.361. The predicted octanol–water partition coefficient (Wildman–Crippen LogP) is 15.7. The molecule has 0 aromatic heterocycles. The van der Waals surface area contributed by atoms with Gasteiger partial charge < -0.3 is 4.74 Å². The third-order valence-corrected chi connectivity index (χ3v) is 18.2. The molecule has 4 nitrogen and oxygen atoms in total. The number of ether oxygens (including phenoxy) is 1. The second-order valence-corrected chi connectivity index (χ2v) is 23.2. The van der Waals surface area contributed by atoms with Gasteiger partial charge >= 0.3 is 0 Å². The van der Waals surface area contributed by atoms with Gasteiger partial charge in [0.15, 0.2) is 0 Å². The Balaban J connectivity index is 0.000000170. The first-order chi connectivity index (χ1) is 34.1. The minimum atomic E-state index is 0.590. The molecule has 0 amide bonds. The molecule has 0 fully saturated rings. The second kappa shape index (κ2) is 23.1. The van der Waals surface area contributed by atoms with Crippen molar-refractivity contribution >= 4 is 72.1 Å². The van der Waals surface area contributed by atoms with Crippen LogP contribution in [0.3, 0.4) is 0 Å². The van der Waals surface area contributed by atoms with Gasteiger partial charge in [-0.15, -0.1) is 0 Å². The SMILES string of the molecule is C=c1c(C)c(C)c2c(c1C)Sc1cc(C)ccc1N=2.C=c1c(C)c(C)c2c(c1C)Sc1cc(C)ccc1N=2.C=c1c(C)c(C)c2c(c1C)Sc1cc(OC/C=C(\C)CC/C=C(\C)CCC=C(C)C)ccc1N=2. The molecule has 0 aliphatic carbocycles. The lowest BCUT2D eigenvalue weighted by Crippen LogP contribution is -2.24. The van der Waals surface area contributed by atoms with E-state index in [0.717, 1.165) is 85.1 Å². The first-order valence-corrected chi connectivity index (χ1v) is 27.6. The van der Waals surface area contributed by atoms with Crippen LogP contribution < -0.4 is 36.5 Å². The topological polar surface area (TPSA) is 46.3 Å². The Hall–Kier alpha value is -5.60. The summed E-state index contributed by atoms with van der Waals surface area (Å²) in [6.45, 7) is 45.6. The maximum Gasteiger partial charge on any atom is 0.121 e. The van der Waals surface area contributed by atoms with E-state index in [1.54, 1.807) is 11.8 Å². The summed E-state index contributed by atoms with van der Waals surface area (Å²) in [4.78, 5) is 22.1. The van der Waals surface area contributed by atoms with E-state index in [2.05, 4.69) is 190 Å². The highest BCUT2D eigenvalue weighted by atomic mass is 32.2. The number of nitrogens with zero attached hydrogens (tertiary/aromatic N) is 3. The van der Waals surface area contributed by atoms with Crippen molar-refractivity contribution < 1.29 is 4.74 Å². The standard InChI is InChI=1S/C31H39NOS.2C17H17NS/c1-20(2)11-9-12-21(3)13-10-14-22(4)17-18-33-27-15-16-28-29(19-27)34-31-26(8)24(6)23(5)25(7)30(31)32-28;2*1-9-6-7-14-15(8-9)19-17-13(5)11(3)10(2)12(4)16(17)18-14/h11,13,15-17,19H,6,9-10,12,14,18H2,1-5,7-8H3;2*6-8H,3H2,1-2,4-5H3/b21-13+,22-17+;;. The molecule has 0 saturated carbocycles. The van der Waals surface area contributed by atoms with E-state index in [4.69, 9.17) is 19.7 Å². The van der Waals surface area contributed by atoms with E-state index in [-0.39, 0.29) is 0 Å². The van der Waals surface area contributed by atoms with Crippen LogP contribution in [0.25, 0.3) is 19.7 Å². The van der Waals surface area contributed by atoms with Crippen molar-refractivity contribution in [3.8, 4) is 5.75 Å². The number of aryl methyl sites for hydroxylation is 2. The zero-order valence-electron chi connectivity index (χ0n) is 45.6. The zero-order valence-corrected chi connectivity index (χ0v) is 48.0. The van der Waals surface area contributed by atoms with Crippen LogP contribution in [-0.4, -0.2) is 6.61 Å². The Bertz CT molecular complexity index is 3470. The fourth-order valence-corrected chi connectivity index (χ4v) is 12.6. The van der Waals surface area contributed by atoms with Crippen molar-refractivity contribution in [2.75, 3.05) is 6.61 Å². The number of rotatable bonds is 9. The molecule has 72 heavy (non-hydrogen) atoms. The monoisotopic (exact) mass is 1010 g/mol. The molecule has 0 bridgehead atoms. The Labute approximate surface area is 442 Å². The van der Waals surface area contributed by atoms with Gasteiger partial charge in [-0.1, -0.05) is 96.0 Å². The van der Waals surface area contributed by atoms with Gasteiger partial charge in [-0.05, 0) is 255 Å². The molecule has 0 spiro atoms. The molecule has 3 heterocycles.